The Morgan fingerprint density at radius 2 is 1.52 bits per heavy atom. The lowest BCUT2D eigenvalue weighted by molar-refractivity contribution is -0.120. The lowest BCUT2D eigenvalue weighted by Crippen LogP contribution is -2.28. The molecule has 0 unspecified atom stereocenters. The van der Waals surface area contributed by atoms with Gasteiger partial charge in [-0.1, -0.05) is 54.6 Å². The quantitative estimate of drug-likeness (QED) is 0.796. The van der Waals surface area contributed by atoms with E-state index in [1.165, 1.54) is 0 Å². The molecule has 0 radical (unpaired) electrons. The third-order valence-electron chi connectivity index (χ3n) is 3.41. The second-order valence-corrected chi connectivity index (χ2v) is 4.72. The highest BCUT2D eigenvalue weighted by Crippen LogP contribution is 2.32. The van der Waals surface area contributed by atoms with Crippen LogP contribution in [0.2, 0.25) is 0 Å². The zero-order valence-electron chi connectivity index (χ0n) is 11.4. The number of carbonyl (C=O) groups is 1. The Morgan fingerprint density at radius 3 is 2.29 bits per heavy atom. The molecule has 0 aliphatic rings. The van der Waals surface area contributed by atoms with E-state index >= 15 is 0 Å². The Morgan fingerprint density at radius 1 is 0.857 bits per heavy atom. The van der Waals surface area contributed by atoms with Crippen LogP contribution < -0.4 is 4.90 Å². The average Bonchev–Trinajstić information content (AvgIpc) is 2.56. The Bertz CT molecular complexity index is 763. The van der Waals surface area contributed by atoms with Gasteiger partial charge in [-0.2, -0.15) is 0 Å². The first-order valence-corrected chi connectivity index (χ1v) is 6.78. The Kier molecular flexibility index (Phi) is 3.67. The molecule has 104 valence electrons. The Balaban J connectivity index is 2.22. The molecule has 0 bridgehead atoms. The van der Waals surface area contributed by atoms with Crippen molar-refractivity contribution in [2.75, 3.05) is 11.5 Å². The summed E-state index contributed by atoms with van der Waals surface area (Å²) < 4.78 is 0. The van der Waals surface area contributed by atoms with E-state index in [4.69, 9.17) is 0 Å². The summed E-state index contributed by atoms with van der Waals surface area (Å²) in [5.74, 6) is -0.349. The molecule has 3 aromatic carbocycles. The van der Waals surface area contributed by atoms with Crippen molar-refractivity contribution in [3.05, 3.63) is 72.8 Å². The standard InChI is InChI=1S/C18H15NO2/c20-13-18(21)19(15-9-2-1-3-10-15)17-12-6-8-14-7-4-5-11-16(14)17/h1-12,20H,13H2. The number of rotatable bonds is 3. The van der Waals surface area contributed by atoms with Gasteiger partial charge in [0.05, 0.1) is 5.69 Å². The van der Waals surface area contributed by atoms with Crippen LogP contribution in [0, 0.1) is 0 Å². The third kappa shape index (κ3) is 2.51. The van der Waals surface area contributed by atoms with Crippen LogP contribution in [0.1, 0.15) is 0 Å². The predicted octanol–water partition coefficient (Wildman–Crippen LogP) is 3.50. The van der Waals surface area contributed by atoms with E-state index in [0.717, 1.165) is 22.1 Å². The molecular formula is C18H15NO2. The van der Waals surface area contributed by atoms with Crippen molar-refractivity contribution in [2.24, 2.45) is 0 Å². The van der Waals surface area contributed by atoms with Crippen molar-refractivity contribution >= 4 is 28.1 Å². The van der Waals surface area contributed by atoms with Crippen molar-refractivity contribution < 1.29 is 9.90 Å². The van der Waals surface area contributed by atoms with Gasteiger partial charge in [0.25, 0.3) is 5.91 Å². The molecule has 3 nitrogen and oxygen atoms in total. The van der Waals surface area contributed by atoms with Gasteiger partial charge in [-0.05, 0) is 23.6 Å². The van der Waals surface area contributed by atoms with Gasteiger partial charge < -0.3 is 5.11 Å². The van der Waals surface area contributed by atoms with E-state index < -0.39 is 6.61 Å². The molecule has 0 aliphatic heterocycles. The summed E-state index contributed by atoms with van der Waals surface area (Å²) in [5.41, 5.74) is 1.52. The third-order valence-corrected chi connectivity index (χ3v) is 3.41. The monoisotopic (exact) mass is 277 g/mol. The molecule has 3 heteroatoms. The number of nitrogens with zero attached hydrogens (tertiary/aromatic N) is 1. The molecule has 0 heterocycles. The molecule has 3 aromatic rings. The largest absolute Gasteiger partial charge is 0.387 e. The number of aliphatic hydroxyl groups is 1. The SMILES string of the molecule is O=C(CO)N(c1ccccc1)c1cccc2ccccc12. The van der Waals surface area contributed by atoms with Gasteiger partial charge in [0, 0.05) is 11.1 Å². The summed E-state index contributed by atoms with van der Waals surface area (Å²) in [5, 5.41) is 11.3. The molecule has 0 atom stereocenters. The van der Waals surface area contributed by atoms with Gasteiger partial charge >= 0.3 is 0 Å². The smallest absolute Gasteiger partial charge is 0.257 e. The van der Waals surface area contributed by atoms with Crippen molar-refractivity contribution in [1.82, 2.24) is 0 Å². The van der Waals surface area contributed by atoms with Gasteiger partial charge in [0.1, 0.15) is 6.61 Å². The molecule has 0 spiro atoms. The minimum Gasteiger partial charge on any atom is -0.387 e. The minimum absolute atomic E-state index is 0.349. The number of carbonyl (C=O) groups excluding carboxylic acids is 1. The molecule has 0 aromatic heterocycles. The second-order valence-electron chi connectivity index (χ2n) is 4.72. The summed E-state index contributed by atoms with van der Waals surface area (Å²) in [4.78, 5) is 13.8. The maximum absolute atomic E-state index is 12.2. The number of hydrogen-bond acceptors (Lipinski definition) is 2. The van der Waals surface area contributed by atoms with Crippen molar-refractivity contribution in [1.29, 1.82) is 0 Å². The summed E-state index contributed by atoms with van der Waals surface area (Å²) in [6, 6.07) is 23.1. The zero-order chi connectivity index (χ0) is 14.7. The van der Waals surface area contributed by atoms with Crippen molar-refractivity contribution in [3.8, 4) is 0 Å². The van der Waals surface area contributed by atoms with Gasteiger partial charge in [-0.25, -0.2) is 0 Å². The summed E-state index contributed by atoms with van der Waals surface area (Å²) >= 11 is 0. The zero-order valence-corrected chi connectivity index (χ0v) is 11.4. The first kappa shape index (κ1) is 13.3. The van der Waals surface area contributed by atoms with Crippen molar-refractivity contribution in [3.63, 3.8) is 0 Å². The predicted molar refractivity (Wildman–Crippen MR) is 84.6 cm³/mol. The maximum atomic E-state index is 12.2. The fourth-order valence-electron chi connectivity index (χ4n) is 2.47. The number of aliphatic hydroxyl groups excluding tert-OH is 1. The highest BCUT2D eigenvalue weighted by Gasteiger charge is 2.18. The molecular weight excluding hydrogens is 262 g/mol. The fourth-order valence-corrected chi connectivity index (χ4v) is 2.47. The molecule has 0 fully saturated rings. The lowest BCUT2D eigenvalue weighted by Gasteiger charge is -2.23. The topological polar surface area (TPSA) is 40.5 Å². The highest BCUT2D eigenvalue weighted by atomic mass is 16.3. The highest BCUT2D eigenvalue weighted by molar-refractivity contribution is 6.08. The Hall–Kier alpha value is -2.65. The Labute approximate surface area is 123 Å². The number of benzene rings is 3. The molecule has 0 aliphatic carbocycles. The number of anilines is 2. The lowest BCUT2D eigenvalue weighted by atomic mass is 10.1. The number of para-hydroxylation sites is 1. The van der Waals surface area contributed by atoms with Gasteiger partial charge in [0.2, 0.25) is 0 Å². The average molecular weight is 277 g/mol. The molecule has 21 heavy (non-hydrogen) atoms. The van der Waals surface area contributed by atoms with Gasteiger partial charge in [-0.3, -0.25) is 9.69 Å². The number of amides is 1. The van der Waals surface area contributed by atoms with Crippen LogP contribution in [0.25, 0.3) is 10.8 Å². The van der Waals surface area contributed by atoms with Crippen LogP contribution >= 0.6 is 0 Å². The van der Waals surface area contributed by atoms with Crippen LogP contribution in [-0.4, -0.2) is 17.6 Å². The van der Waals surface area contributed by atoms with Crippen molar-refractivity contribution in [2.45, 2.75) is 0 Å². The number of fused-ring (bicyclic) bond motifs is 1. The molecule has 3 rings (SSSR count). The number of hydrogen-bond donors (Lipinski definition) is 1. The van der Waals surface area contributed by atoms with Crippen LogP contribution in [0.15, 0.2) is 72.8 Å². The minimum atomic E-state index is -0.530. The van der Waals surface area contributed by atoms with E-state index in [2.05, 4.69) is 0 Å². The fraction of sp³-hybridized carbons (Fsp3) is 0.0556. The second kappa shape index (κ2) is 5.77. The van der Waals surface area contributed by atoms with E-state index in [-0.39, 0.29) is 5.91 Å². The van der Waals surface area contributed by atoms with Crippen LogP contribution in [0.4, 0.5) is 11.4 Å². The van der Waals surface area contributed by atoms with Crippen LogP contribution in [0.3, 0.4) is 0 Å². The van der Waals surface area contributed by atoms with Crippen LogP contribution in [0.5, 0.6) is 0 Å². The van der Waals surface area contributed by atoms with Gasteiger partial charge in [0.15, 0.2) is 0 Å². The first-order chi connectivity index (χ1) is 10.3. The molecule has 0 saturated carbocycles. The molecule has 0 saturated heterocycles. The summed E-state index contributed by atoms with van der Waals surface area (Å²) in [6.07, 6.45) is 0. The van der Waals surface area contributed by atoms with E-state index in [1.807, 2.05) is 72.8 Å². The van der Waals surface area contributed by atoms with E-state index in [1.54, 1.807) is 4.90 Å². The summed E-state index contributed by atoms with van der Waals surface area (Å²) in [7, 11) is 0. The first-order valence-electron chi connectivity index (χ1n) is 6.78. The van der Waals surface area contributed by atoms with E-state index in [9.17, 15) is 9.90 Å². The maximum Gasteiger partial charge on any atom is 0.257 e. The van der Waals surface area contributed by atoms with Crippen LogP contribution in [-0.2, 0) is 4.79 Å². The normalized spacial score (nSPS) is 10.5. The molecule has 1 amide bonds. The summed E-state index contributed by atoms with van der Waals surface area (Å²) in [6.45, 7) is -0.530. The molecule has 1 N–H and O–H groups in total. The van der Waals surface area contributed by atoms with E-state index in [0.29, 0.717) is 0 Å². The van der Waals surface area contributed by atoms with Gasteiger partial charge in [-0.15, -0.1) is 0 Å².